The molecule has 30 heavy (non-hydrogen) atoms. The molecule has 0 unspecified atom stereocenters. The second kappa shape index (κ2) is 8.38. The Bertz CT molecular complexity index is 1030. The molecule has 5 nitrogen and oxygen atoms in total. The number of carbonyl (C=O) groups is 1. The zero-order valence-corrected chi connectivity index (χ0v) is 17.9. The van der Waals surface area contributed by atoms with E-state index >= 15 is 0 Å². The van der Waals surface area contributed by atoms with E-state index in [4.69, 9.17) is 0 Å². The topological polar surface area (TPSA) is 66.5 Å². The van der Waals surface area contributed by atoms with Gasteiger partial charge in [-0.2, -0.15) is 0 Å². The van der Waals surface area contributed by atoms with Gasteiger partial charge in [-0.05, 0) is 74.8 Å². The maximum Gasteiger partial charge on any atom is 0.262 e. The molecular formula is C23H27FN2O3S. The van der Waals surface area contributed by atoms with Crippen LogP contribution >= 0.6 is 0 Å². The minimum atomic E-state index is -4.02. The second-order valence-corrected chi connectivity index (χ2v) is 10.2. The van der Waals surface area contributed by atoms with Crippen LogP contribution in [-0.2, 0) is 10.0 Å². The highest BCUT2D eigenvalue weighted by atomic mass is 32.2. The summed E-state index contributed by atoms with van der Waals surface area (Å²) in [5.74, 6) is -0.0740. The Hall–Kier alpha value is -2.41. The molecule has 1 N–H and O–H groups in total. The Balaban J connectivity index is 1.57. The summed E-state index contributed by atoms with van der Waals surface area (Å²) in [5.41, 5.74) is 0.238. The number of hydrogen-bond acceptors (Lipinski definition) is 3. The highest BCUT2D eigenvalue weighted by Gasteiger charge is 2.39. The number of sulfonamides is 1. The van der Waals surface area contributed by atoms with Crippen LogP contribution in [0.1, 0.15) is 55.8 Å². The predicted molar refractivity (Wildman–Crippen MR) is 114 cm³/mol. The van der Waals surface area contributed by atoms with E-state index in [2.05, 4.69) is 11.6 Å². The Labute approximate surface area is 177 Å². The lowest BCUT2D eigenvalue weighted by atomic mass is 9.86. The first-order valence-electron chi connectivity index (χ1n) is 10.6. The molecule has 0 radical (unpaired) electrons. The van der Waals surface area contributed by atoms with Crippen LogP contribution in [0.5, 0.6) is 0 Å². The summed E-state index contributed by atoms with van der Waals surface area (Å²) in [5, 5.41) is 0. The van der Waals surface area contributed by atoms with Crippen LogP contribution in [-0.4, -0.2) is 31.3 Å². The summed E-state index contributed by atoms with van der Waals surface area (Å²) in [6.07, 6.45) is 6.23. The average molecular weight is 431 g/mol. The fourth-order valence-corrected chi connectivity index (χ4v) is 5.31. The van der Waals surface area contributed by atoms with Crippen LogP contribution in [0.25, 0.3) is 0 Å². The molecule has 0 spiro atoms. The van der Waals surface area contributed by atoms with Gasteiger partial charge in [0.05, 0.1) is 10.6 Å². The lowest BCUT2D eigenvalue weighted by Crippen LogP contribution is -2.43. The maximum absolute atomic E-state index is 13.9. The first kappa shape index (κ1) is 20.8. The molecule has 1 amide bonds. The molecule has 2 fully saturated rings. The quantitative estimate of drug-likeness (QED) is 0.715. The van der Waals surface area contributed by atoms with Gasteiger partial charge in [0.25, 0.3) is 15.9 Å². The summed E-state index contributed by atoms with van der Waals surface area (Å²) in [4.78, 5) is 15.3. The number of rotatable bonds is 6. The van der Waals surface area contributed by atoms with Gasteiger partial charge in [-0.25, -0.2) is 12.8 Å². The molecule has 0 heterocycles. The van der Waals surface area contributed by atoms with Crippen molar-refractivity contribution in [3.05, 3.63) is 59.9 Å². The van der Waals surface area contributed by atoms with Gasteiger partial charge in [0.2, 0.25) is 0 Å². The van der Waals surface area contributed by atoms with Gasteiger partial charge in [-0.1, -0.05) is 25.1 Å². The lowest BCUT2D eigenvalue weighted by molar-refractivity contribution is 0.0593. The van der Waals surface area contributed by atoms with Crippen LogP contribution < -0.4 is 4.72 Å². The van der Waals surface area contributed by atoms with Gasteiger partial charge in [0.1, 0.15) is 5.82 Å². The number of halogens is 1. The molecule has 0 aliphatic heterocycles. The Morgan fingerprint density at radius 2 is 1.60 bits per heavy atom. The van der Waals surface area contributed by atoms with Gasteiger partial charge >= 0.3 is 0 Å². The zero-order valence-electron chi connectivity index (χ0n) is 17.1. The fraction of sp³-hybridized carbons (Fsp3) is 0.435. The molecule has 2 aromatic carbocycles. The molecule has 0 atom stereocenters. The molecule has 2 aliphatic rings. The Kier molecular flexibility index (Phi) is 5.82. The predicted octanol–water partition coefficient (Wildman–Crippen LogP) is 4.81. The molecule has 4 rings (SSSR count). The van der Waals surface area contributed by atoms with Crippen LogP contribution in [0.3, 0.4) is 0 Å². The highest BCUT2D eigenvalue weighted by molar-refractivity contribution is 7.92. The molecule has 2 saturated carbocycles. The van der Waals surface area contributed by atoms with Gasteiger partial charge in [-0.3, -0.25) is 9.52 Å². The SMILES string of the molecule is CC1CCC(N(C(=O)c2cccc(S(=O)(=O)Nc3ccccc3F)c2)C2CC2)CC1. The molecule has 0 bridgehead atoms. The number of anilines is 1. The van der Waals surface area contributed by atoms with Gasteiger partial charge < -0.3 is 4.90 Å². The standard InChI is InChI=1S/C23H27FN2O3S/c1-16-9-11-18(12-10-16)26(19-13-14-19)23(27)17-5-4-6-20(15-17)30(28,29)25-22-8-3-2-7-21(22)24/h2-8,15-16,18-19,25H,9-14H2,1H3. The third-order valence-corrected chi connectivity index (χ3v) is 7.43. The van der Waals surface area contributed by atoms with E-state index in [1.807, 2.05) is 4.90 Å². The van der Waals surface area contributed by atoms with Crippen molar-refractivity contribution in [2.45, 2.75) is 62.4 Å². The summed E-state index contributed by atoms with van der Waals surface area (Å²) >= 11 is 0. The van der Waals surface area contributed by atoms with Gasteiger partial charge in [-0.15, -0.1) is 0 Å². The number of carbonyl (C=O) groups excluding carboxylic acids is 1. The molecule has 7 heteroatoms. The highest BCUT2D eigenvalue weighted by Crippen LogP contribution is 2.36. The number of nitrogens with one attached hydrogen (secondary N) is 1. The first-order chi connectivity index (χ1) is 14.3. The summed E-state index contributed by atoms with van der Waals surface area (Å²) in [6.45, 7) is 2.25. The van der Waals surface area contributed by atoms with Crippen molar-refractivity contribution in [2.24, 2.45) is 5.92 Å². The van der Waals surface area contributed by atoms with Crippen molar-refractivity contribution >= 4 is 21.6 Å². The van der Waals surface area contributed by atoms with Crippen molar-refractivity contribution in [2.75, 3.05) is 4.72 Å². The van der Waals surface area contributed by atoms with Crippen LogP contribution in [0.2, 0.25) is 0 Å². The number of nitrogens with zero attached hydrogens (tertiary/aromatic N) is 1. The minimum absolute atomic E-state index is 0.0513. The zero-order chi connectivity index (χ0) is 21.3. The largest absolute Gasteiger partial charge is 0.333 e. The van der Waals surface area contributed by atoms with Crippen LogP contribution in [0, 0.1) is 11.7 Å². The van der Waals surface area contributed by atoms with E-state index in [1.54, 1.807) is 18.2 Å². The number of hydrogen-bond donors (Lipinski definition) is 1. The third kappa shape index (κ3) is 4.51. The summed E-state index contributed by atoms with van der Waals surface area (Å²) in [6, 6.07) is 12.1. The van der Waals surface area contributed by atoms with Crippen LogP contribution in [0.4, 0.5) is 10.1 Å². The van der Waals surface area contributed by atoms with Crippen molar-refractivity contribution in [1.82, 2.24) is 4.90 Å². The van der Waals surface area contributed by atoms with Crippen molar-refractivity contribution in [3.8, 4) is 0 Å². The van der Waals surface area contributed by atoms with E-state index in [0.29, 0.717) is 11.5 Å². The monoisotopic (exact) mass is 430 g/mol. The van der Waals surface area contributed by atoms with E-state index < -0.39 is 15.8 Å². The Morgan fingerprint density at radius 3 is 2.23 bits per heavy atom. The minimum Gasteiger partial charge on any atom is -0.333 e. The number of para-hydroxylation sites is 1. The second-order valence-electron chi connectivity index (χ2n) is 8.47. The Morgan fingerprint density at radius 1 is 0.967 bits per heavy atom. The average Bonchev–Trinajstić information content (AvgIpc) is 3.56. The van der Waals surface area contributed by atoms with Crippen molar-refractivity contribution in [1.29, 1.82) is 0 Å². The first-order valence-corrected chi connectivity index (χ1v) is 12.0. The van der Waals surface area contributed by atoms with Gasteiger partial charge in [0, 0.05) is 17.6 Å². The molecule has 160 valence electrons. The van der Waals surface area contributed by atoms with E-state index in [9.17, 15) is 17.6 Å². The van der Waals surface area contributed by atoms with Crippen molar-refractivity contribution in [3.63, 3.8) is 0 Å². The lowest BCUT2D eigenvalue weighted by Gasteiger charge is -2.36. The number of benzene rings is 2. The summed E-state index contributed by atoms with van der Waals surface area (Å²) < 4.78 is 41.7. The number of amides is 1. The van der Waals surface area contributed by atoms with Crippen LogP contribution in [0.15, 0.2) is 53.4 Å². The molecule has 2 aromatic rings. The van der Waals surface area contributed by atoms with E-state index in [-0.39, 0.29) is 28.6 Å². The van der Waals surface area contributed by atoms with Gasteiger partial charge in [0.15, 0.2) is 0 Å². The normalized spacial score (nSPS) is 21.8. The molecular weight excluding hydrogens is 403 g/mol. The third-order valence-electron chi connectivity index (χ3n) is 6.06. The fourth-order valence-electron chi connectivity index (χ4n) is 4.20. The maximum atomic E-state index is 13.9. The molecule has 0 saturated heterocycles. The van der Waals surface area contributed by atoms with E-state index in [1.165, 1.54) is 30.3 Å². The smallest absolute Gasteiger partial charge is 0.262 e. The molecule has 2 aliphatic carbocycles. The van der Waals surface area contributed by atoms with Crippen molar-refractivity contribution < 1.29 is 17.6 Å². The van der Waals surface area contributed by atoms with E-state index in [0.717, 1.165) is 38.5 Å². The molecule has 0 aromatic heterocycles. The summed E-state index contributed by atoms with van der Waals surface area (Å²) in [7, 11) is -4.02.